The van der Waals surface area contributed by atoms with Gasteiger partial charge in [-0.05, 0) is 56.4 Å². The highest BCUT2D eigenvalue weighted by Gasteiger charge is 2.13. The third-order valence-electron chi connectivity index (χ3n) is 4.21. The average molecular weight is 364 g/mol. The quantitative estimate of drug-likeness (QED) is 0.533. The van der Waals surface area contributed by atoms with Crippen LogP contribution < -0.4 is 4.74 Å². The van der Waals surface area contributed by atoms with E-state index in [1.807, 2.05) is 6.92 Å². The third-order valence-corrected chi connectivity index (χ3v) is 4.21. The van der Waals surface area contributed by atoms with Gasteiger partial charge < -0.3 is 19.3 Å². The van der Waals surface area contributed by atoms with Gasteiger partial charge >= 0.3 is 0 Å². The van der Waals surface area contributed by atoms with Crippen LogP contribution in [0.4, 0.5) is 4.39 Å². The lowest BCUT2D eigenvalue weighted by molar-refractivity contribution is -0.161. The van der Waals surface area contributed by atoms with Gasteiger partial charge in [0.2, 0.25) is 0 Å². The van der Waals surface area contributed by atoms with Crippen molar-refractivity contribution in [3.63, 3.8) is 0 Å². The molecule has 1 saturated heterocycles. The highest BCUT2D eigenvalue weighted by atomic mass is 19.1. The van der Waals surface area contributed by atoms with Gasteiger partial charge in [0.15, 0.2) is 6.29 Å². The number of aliphatic hydroxyl groups excluding tert-OH is 1. The Morgan fingerprint density at radius 1 is 1.27 bits per heavy atom. The molecule has 0 bridgehead atoms. The minimum atomic E-state index is -0.559. The molecule has 0 saturated carbocycles. The second-order valence-corrected chi connectivity index (χ2v) is 6.64. The van der Waals surface area contributed by atoms with Gasteiger partial charge in [-0.2, -0.15) is 0 Å². The summed E-state index contributed by atoms with van der Waals surface area (Å²) in [4.78, 5) is 0. The molecular weight excluding hydrogens is 335 g/mol. The predicted molar refractivity (Wildman–Crippen MR) is 98.2 cm³/mol. The summed E-state index contributed by atoms with van der Waals surface area (Å²) in [6.45, 7) is 3.63. The molecule has 26 heavy (non-hydrogen) atoms. The van der Waals surface area contributed by atoms with Crippen molar-refractivity contribution in [3.05, 3.63) is 30.1 Å². The lowest BCUT2D eigenvalue weighted by Crippen LogP contribution is -2.22. The second kappa shape index (κ2) is 11.9. The Morgan fingerprint density at radius 2 is 2.08 bits per heavy atom. The van der Waals surface area contributed by atoms with Gasteiger partial charge in [0, 0.05) is 18.9 Å². The molecule has 1 aromatic rings. The maximum Gasteiger partial charge on any atom is 0.157 e. The second-order valence-electron chi connectivity index (χ2n) is 6.64. The minimum absolute atomic E-state index is 0.0563. The molecule has 4 nitrogen and oxygen atoms in total. The fraction of sp³-hybridized carbons (Fsp3) is 0.619. The smallest absolute Gasteiger partial charge is 0.157 e. The van der Waals surface area contributed by atoms with Crippen molar-refractivity contribution in [3.8, 4) is 17.6 Å². The molecule has 0 aromatic heterocycles. The summed E-state index contributed by atoms with van der Waals surface area (Å²) in [6.07, 6.45) is 4.76. The molecule has 3 atom stereocenters. The summed E-state index contributed by atoms with van der Waals surface area (Å²) in [5.41, 5.74) is 0. The van der Waals surface area contributed by atoms with Crippen LogP contribution in [0.1, 0.15) is 45.4 Å². The Bertz CT molecular complexity index is 558. The van der Waals surface area contributed by atoms with E-state index in [0.717, 1.165) is 25.9 Å². The van der Waals surface area contributed by atoms with Crippen LogP contribution in [0.15, 0.2) is 24.3 Å². The van der Waals surface area contributed by atoms with Gasteiger partial charge in [0.05, 0.1) is 12.7 Å². The van der Waals surface area contributed by atoms with E-state index in [4.69, 9.17) is 14.2 Å². The van der Waals surface area contributed by atoms with Gasteiger partial charge in [-0.3, -0.25) is 0 Å². The number of rotatable bonds is 9. The van der Waals surface area contributed by atoms with Crippen LogP contribution in [0.2, 0.25) is 0 Å². The molecule has 1 aliphatic rings. The number of hydrogen-bond donors (Lipinski definition) is 1. The molecule has 1 heterocycles. The van der Waals surface area contributed by atoms with Crippen molar-refractivity contribution in [2.45, 2.75) is 57.8 Å². The first-order valence-electron chi connectivity index (χ1n) is 9.41. The summed E-state index contributed by atoms with van der Waals surface area (Å²) in [7, 11) is 0. The van der Waals surface area contributed by atoms with E-state index in [1.54, 1.807) is 12.1 Å². The Hall–Kier alpha value is -1.61. The summed E-state index contributed by atoms with van der Waals surface area (Å²) in [5.74, 6) is 6.79. The highest BCUT2D eigenvalue weighted by molar-refractivity contribution is 5.22. The molecule has 0 amide bonds. The van der Waals surface area contributed by atoms with E-state index in [2.05, 4.69) is 11.8 Å². The van der Waals surface area contributed by atoms with Crippen LogP contribution in [0.3, 0.4) is 0 Å². The summed E-state index contributed by atoms with van der Waals surface area (Å²) >= 11 is 0. The monoisotopic (exact) mass is 364 g/mol. The molecule has 0 radical (unpaired) electrons. The van der Waals surface area contributed by atoms with Gasteiger partial charge in [-0.25, -0.2) is 4.39 Å². The van der Waals surface area contributed by atoms with Crippen LogP contribution >= 0.6 is 0 Å². The largest absolute Gasteiger partial charge is 0.491 e. The Morgan fingerprint density at radius 3 is 2.81 bits per heavy atom. The van der Waals surface area contributed by atoms with Crippen molar-refractivity contribution in [2.75, 3.05) is 19.8 Å². The van der Waals surface area contributed by atoms with Crippen LogP contribution in [0, 0.1) is 23.6 Å². The first-order valence-corrected chi connectivity index (χ1v) is 9.41. The molecule has 1 aromatic carbocycles. The van der Waals surface area contributed by atoms with Gasteiger partial charge in [-0.1, -0.05) is 6.92 Å². The Balaban J connectivity index is 1.53. The first-order chi connectivity index (χ1) is 12.6. The number of ether oxygens (including phenoxy) is 3. The summed E-state index contributed by atoms with van der Waals surface area (Å²) < 4.78 is 29.4. The fourth-order valence-corrected chi connectivity index (χ4v) is 2.65. The van der Waals surface area contributed by atoms with Crippen LogP contribution in [0.5, 0.6) is 5.75 Å². The van der Waals surface area contributed by atoms with Crippen LogP contribution in [-0.4, -0.2) is 37.3 Å². The van der Waals surface area contributed by atoms with Gasteiger partial charge in [0.25, 0.3) is 0 Å². The topological polar surface area (TPSA) is 47.9 Å². The molecule has 1 aliphatic heterocycles. The number of benzene rings is 1. The molecule has 5 heteroatoms. The standard InChI is InChI=1S/C21H29FO4/c1-17(6-2-4-14-24-21-7-3-5-15-25-21)8-11-19(23)16-26-20-12-9-18(22)10-13-20/h9-10,12-13,17,19,21,23H,3-5,7-8,11,14-16H2,1H3. The van der Waals surface area contributed by atoms with Gasteiger partial charge in [-0.15, -0.1) is 11.8 Å². The minimum Gasteiger partial charge on any atom is -0.491 e. The highest BCUT2D eigenvalue weighted by Crippen LogP contribution is 2.14. The molecule has 1 fully saturated rings. The zero-order chi connectivity index (χ0) is 18.6. The molecule has 0 spiro atoms. The van der Waals surface area contributed by atoms with E-state index in [0.29, 0.717) is 25.2 Å². The molecular formula is C21H29FO4. The number of hydrogen-bond acceptors (Lipinski definition) is 4. The maximum absolute atomic E-state index is 12.8. The Kier molecular flexibility index (Phi) is 9.47. The van der Waals surface area contributed by atoms with E-state index in [9.17, 15) is 9.50 Å². The zero-order valence-corrected chi connectivity index (χ0v) is 15.5. The van der Waals surface area contributed by atoms with Crippen molar-refractivity contribution in [2.24, 2.45) is 5.92 Å². The van der Waals surface area contributed by atoms with Crippen molar-refractivity contribution >= 4 is 0 Å². The number of halogens is 1. The van der Waals surface area contributed by atoms with E-state index in [1.165, 1.54) is 18.6 Å². The lowest BCUT2D eigenvalue weighted by Gasteiger charge is -2.22. The third kappa shape index (κ3) is 8.66. The predicted octanol–water partition coefficient (Wildman–Crippen LogP) is 3.92. The maximum atomic E-state index is 12.8. The first kappa shape index (κ1) is 20.7. The molecule has 2 rings (SSSR count). The summed E-state index contributed by atoms with van der Waals surface area (Å²) in [6, 6.07) is 5.78. The summed E-state index contributed by atoms with van der Waals surface area (Å²) in [5, 5.41) is 9.99. The SMILES string of the molecule is CC(C#CCCOC1CCCCO1)CCC(O)COc1ccc(F)cc1. The fourth-order valence-electron chi connectivity index (χ4n) is 2.65. The van der Waals surface area contributed by atoms with Crippen molar-refractivity contribution in [1.82, 2.24) is 0 Å². The van der Waals surface area contributed by atoms with Crippen molar-refractivity contribution in [1.29, 1.82) is 0 Å². The number of aliphatic hydroxyl groups is 1. The normalized spacial score (nSPS) is 19.3. The van der Waals surface area contributed by atoms with E-state index in [-0.39, 0.29) is 24.6 Å². The van der Waals surface area contributed by atoms with E-state index >= 15 is 0 Å². The van der Waals surface area contributed by atoms with Crippen molar-refractivity contribution < 1.29 is 23.7 Å². The molecule has 0 aliphatic carbocycles. The van der Waals surface area contributed by atoms with Gasteiger partial charge in [0.1, 0.15) is 18.2 Å². The van der Waals surface area contributed by atoms with E-state index < -0.39 is 6.10 Å². The Labute approximate surface area is 155 Å². The molecule has 1 N–H and O–H groups in total. The molecule has 3 unspecified atom stereocenters. The zero-order valence-electron chi connectivity index (χ0n) is 15.5. The molecule has 144 valence electrons. The average Bonchev–Trinajstić information content (AvgIpc) is 2.66. The van der Waals surface area contributed by atoms with Crippen LogP contribution in [-0.2, 0) is 9.47 Å². The lowest BCUT2D eigenvalue weighted by atomic mass is 10.0. The van der Waals surface area contributed by atoms with Crippen LogP contribution in [0.25, 0.3) is 0 Å².